The van der Waals surface area contributed by atoms with Gasteiger partial charge in [-0.15, -0.1) is 11.3 Å². The molecule has 80 valence electrons. The van der Waals surface area contributed by atoms with E-state index in [1.165, 1.54) is 17.4 Å². The highest BCUT2D eigenvalue weighted by atomic mass is 32.1. The molecule has 0 N–H and O–H groups in total. The Morgan fingerprint density at radius 2 is 1.88 bits per heavy atom. The standard InChI is InChI=1S/C11H7NO2S2/c13-9-6-7-16-11(15)12(9)10(14)8-4-2-1-3-5-8/h1-7H. The van der Waals surface area contributed by atoms with E-state index in [0.717, 1.165) is 4.57 Å². The molecule has 3 nitrogen and oxygen atoms in total. The second kappa shape index (κ2) is 4.51. The average molecular weight is 249 g/mol. The lowest BCUT2D eigenvalue weighted by atomic mass is 10.2. The molecule has 0 bridgehead atoms. The molecular weight excluding hydrogens is 242 g/mol. The Kier molecular flexibility index (Phi) is 3.07. The number of benzene rings is 1. The summed E-state index contributed by atoms with van der Waals surface area (Å²) < 4.78 is 1.27. The van der Waals surface area contributed by atoms with Gasteiger partial charge in [0.25, 0.3) is 11.5 Å². The Balaban J connectivity index is 2.59. The zero-order chi connectivity index (χ0) is 11.5. The number of hydrogen-bond acceptors (Lipinski definition) is 4. The minimum Gasteiger partial charge on any atom is -0.269 e. The molecule has 0 saturated heterocycles. The lowest BCUT2D eigenvalue weighted by Gasteiger charge is -2.02. The van der Waals surface area contributed by atoms with Crippen LogP contribution in [-0.2, 0) is 0 Å². The summed E-state index contributed by atoms with van der Waals surface area (Å²) in [5.41, 5.74) is 0.0618. The molecule has 0 aliphatic carbocycles. The smallest absolute Gasteiger partial charge is 0.266 e. The lowest BCUT2D eigenvalue weighted by molar-refractivity contribution is 0.0955. The maximum Gasteiger partial charge on any atom is 0.266 e. The van der Waals surface area contributed by atoms with Gasteiger partial charge in [-0.05, 0) is 29.7 Å². The third kappa shape index (κ3) is 2.00. The van der Waals surface area contributed by atoms with Crippen molar-refractivity contribution in [3.63, 3.8) is 0 Å². The van der Waals surface area contributed by atoms with Crippen LogP contribution >= 0.6 is 23.6 Å². The van der Waals surface area contributed by atoms with Crippen molar-refractivity contribution in [3.05, 3.63) is 61.6 Å². The van der Waals surface area contributed by atoms with Crippen molar-refractivity contribution in [1.29, 1.82) is 0 Å². The van der Waals surface area contributed by atoms with E-state index in [1.807, 2.05) is 6.07 Å². The molecule has 0 saturated carbocycles. The van der Waals surface area contributed by atoms with Gasteiger partial charge in [0.05, 0.1) is 0 Å². The summed E-state index contributed by atoms with van der Waals surface area (Å²) in [6.45, 7) is 0. The highest BCUT2D eigenvalue weighted by molar-refractivity contribution is 7.73. The van der Waals surface area contributed by atoms with E-state index in [-0.39, 0.29) is 9.86 Å². The molecule has 2 aromatic rings. The van der Waals surface area contributed by atoms with E-state index >= 15 is 0 Å². The van der Waals surface area contributed by atoms with Gasteiger partial charge < -0.3 is 0 Å². The molecule has 0 amide bonds. The SMILES string of the molecule is O=C(c1ccccc1)n1c(=O)ccsc1=S. The molecule has 0 unspecified atom stereocenters. The van der Waals surface area contributed by atoms with Gasteiger partial charge >= 0.3 is 0 Å². The van der Waals surface area contributed by atoms with E-state index in [0.29, 0.717) is 5.56 Å². The van der Waals surface area contributed by atoms with Crippen LogP contribution in [0.1, 0.15) is 10.4 Å². The van der Waals surface area contributed by atoms with Crippen LogP contribution < -0.4 is 5.56 Å². The van der Waals surface area contributed by atoms with Crippen molar-refractivity contribution < 1.29 is 4.79 Å². The van der Waals surface area contributed by atoms with E-state index in [9.17, 15) is 9.59 Å². The first-order chi connectivity index (χ1) is 7.70. The third-order valence-corrected chi connectivity index (χ3v) is 3.13. The summed E-state index contributed by atoms with van der Waals surface area (Å²) in [7, 11) is 0. The van der Waals surface area contributed by atoms with Gasteiger partial charge in [-0.3, -0.25) is 9.59 Å². The second-order valence-corrected chi connectivity index (χ2v) is 4.57. The average Bonchev–Trinajstić information content (AvgIpc) is 2.30. The number of rotatable bonds is 1. The summed E-state index contributed by atoms with van der Waals surface area (Å²) in [4.78, 5) is 23.5. The predicted molar refractivity (Wildman–Crippen MR) is 65.6 cm³/mol. The lowest BCUT2D eigenvalue weighted by Crippen LogP contribution is -2.26. The number of aromatic nitrogens is 1. The molecule has 0 fully saturated rings. The monoisotopic (exact) mass is 249 g/mol. The maximum absolute atomic E-state index is 12.0. The number of nitrogens with zero attached hydrogens (tertiary/aromatic N) is 1. The molecule has 0 radical (unpaired) electrons. The Morgan fingerprint density at radius 1 is 1.19 bits per heavy atom. The van der Waals surface area contributed by atoms with Gasteiger partial charge in [-0.2, -0.15) is 0 Å². The second-order valence-electron chi connectivity index (χ2n) is 3.03. The van der Waals surface area contributed by atoms with Gasteiger partial charge in [-0.25, -0.2) is 4.57 Å². The van der Waals surface area contributed by atoms with Crippen LogP contribution in [0, 0.1) is 3.95 Å². The highest BCUT2D eigenvalue weighted by Crippen LogP contribution is 2.04. The fourth-order valence-corrected chi connectivity index (χ4v) is 2.18. The van der Waals surface area contributed by atoms with Crippen LogP contribution in [0.2, 0.25) is 0 Å². The predicted octanol–water partition coefficient (Wildman–Crippen LogP) is 2.33. The van der Waals surface area contributed by atoms with Gasteiger partial charge in [0.15, 0.2) is 3.95 Å². The van der Waals surface area contributed by atoms with Gasteiger partial charge in [0.1, 0.15) is 0 Å². The van der Waals surface area contributed by atoms with Gasteiger partial charge in [0, 0.05) is 11.6 Å². The van der Waals surface area contributed by atoms with Crippen molar-refractivity contribution in [2.75, 3.05) is 0 Å². The maximum atomic E-state index is 12.0. The van der Waals surface area contributed by atoms with Crippen LogP contribution in [0.3, 0.4) is 0 Å². The number of hydrogen-bond donors (Lipinski definition) is 0. The molecule has 0 aliphatic rings. The zero-order valence-electron chi connectivity index (χ0n) is 8.12. The summed E-state index contributed by atoms with van der Waals surface area (Å²) in [5, 5.41) is 1.58. The first-order valence-corrected chi connectivity index (χ1v) is 5.79. The van der Waals surface area contributed by atoms with Gasteiger partial charge in [0.2, 0.25) is 0 Å². The molecule has 0 spiro atoms. The highest BCUT2D eigenvalue weighted by Gasteiger charge is 2.10. The van der Waals surface area contributed by atoms with Crippen molar-refractivity contribution in [1.82, 2.24) is 4.57 Å². The summed E-state index contributed by atoms with van der Waals surface area (Å²) in [5.74, 6) is -0.382. The van der Waals surface area contributed by atoms with E-state index in [1.54, 1.807) is 29.6 Å². The van der Waals surface area contributed by atoms with Crippen LogP contribution in [0.4, 0.5) is 0 Å². The number of carbonyl (C=O) groups excluding carboxylic acids is 1. The minimum atomic E-state index is -0.391. The summed E-state index contributed by atoms with van der Waals surface area (Å²) >= 11 is 6.16. The first kappa shape index (κ1) is 10.9. The van der Waals surface area contributed by atoms with E-state index in [2.05, 4.69) is 0 Å². The van der Waals surface area contributed by atoms with Crippen molar-refractivity contribution in [2.45, 2.75) is 0 Å². The quantitative estimate of drug-likeness (QED) is 0.728. The van der Waals surface area contributed by atoms with Gasteiger partial charge in [-0.1, -0.05) is 18.2 Å². The molecular formula is C11H7NO2S2. The normalized spacial score (nSPS) is 10.0. The van der Waals surface area contributed by atoms with Crippen molar-refractivity contribution in [2.24, 2.45) is 0 Å². The van der Waals surface area contributed by atoms with E-state index < -0.39 is 5.56 Å². The topological polar surface area (TPSA) is 39.1 Å². The minimum absolute atomic E-state index is 0.265. The fourth-order valence-electron chi connectivity index (χ4n) is 1.26. The summed E-state index contributed by atoms with van der Waals surface area (Å²) in [6, 6.07) is 9.94. The molecule has 5 heteroatoms. The van der Waals surface area contributed by atoms with Crippen molar-refractivity contribution >= 4 is 29.5 Å². The molecule has 0 aliphatic heterocycles. The van der Waals surface area contributed by atoms with Crippen LogP contribution in [0.15, 0.2) is 46.6 Å². The Morgan fingerprint density at radius 3 is 2.50 bits per heavy atom. The zero-order valence-corrected chi connectivity index (χ0v) is 9.75. The Labute approximate surface area is 101 Å². The fraction of sp³-hybridized carbons (Fsp3) is 0. The molecule has 1 aromatic heterocycles. The van der Waals surface area contributed by atoms with Crippen LogP contribution in [0.5, 0.6) is 0 Å². The Hall–Kier alpha value is -1.59. The Bertz CT molecular complexity index is 600. The molecule has 16 heavy (non-hydrogen) atoms. The molecule has 2 rings (SSSR count). The van der Waals surface area contributed by atoms with Crippen LogP contribution in [0.25, 0.3) is 0 Å². The molecule has 0 atom stereocenters. The third-order valence-electron chi connectivity index (χ3n) is 2.01. The van der Waals surface area contributed by atoms with Crippen molar-refractivity contribution in [3.8, 4) is 0 Å². The summed E-state index contributed by atoms with van der Waals surface area (Å²) in [6.07, 6.45) is 0. The number of carbonyl (C=O) groups is 1. The van der Waals surface area contributed by atoms with Crippen LogP contribution in [-0.4, -0.2) is 10.5 Å². The molecule has 1 aromatic carbocycles. The molecule has 1 heterocycles. The van der Waals surface area contributed by atoms with E-state index in [4.69, 9.17) is 12.2 Å². The first-order valence-electron chi connectivity index (χ1n) is 4.51. The largest absolute Gasteiger partial charge is 0.269 e.